The number of halogens is 1. The third-order valence-corrected chi connectivity index (χ3v) is 3.96. The van der Waals surface area contributed by atoms with Crippen LogP contribution in [0, 0.1) is 5.82 Å². The lowest BCUT2D eigenvalue weighted by Gasteiger charge is -2.10. The van der Waals surface area contributed by atoms with Gasteiger partial charge in [-0.2, -0.15) is 0 Å². The van der Waals surface area contributed by atoms with Crippen molar-refractivity contribution in [1.29, 1.82) is 0 Å². The van der Waals surface area contributed by atoms with Crippen molar-refractivity contribution in [3.05, 3.63) is 54.1 Å². The fourth-order valence-electron chi connectivity index (χ4n) is 1.65. The largest absolute Gasteiger partial charge is 0.397 e. The smallest absolute Gasteiger partial charge is 0.233 e. The molecule has 7 heteroatoms. The van der Waals surface area contributed by atoms with Crippen LogP contribution in [-0.4, -0.2) is 19.2 Å². The summed E-state index contributed by atoms with van der Waals surface area (Å²) in [6, 6.07) is 7.02. The fourth-order valence-corrected chi connectivity index (χ4v) is 2.77. The summed E-state index contributed by atoms with van der Waals surface area (Å²) in [5, 5.41) is 0. The van der Waals surface area contributed by atoms with Crippen LogP contribution in [0.4, 0.5) is 15.8 Å². The second-order valence-corrected chi connectivity index (χ2v) is 6.10. The maximum atomic E-state index is 12.9. The van der Waals surface area contributed by atoms with E-state index in [1.165, 1.54) is 6.07 Å². The molecular weight excluding hydrogens is 281 g/mol. The maximum Gasteiger partial charge on any atom is 0.233 e. The second-order valence-electron chi connectivity index (χ2n) is 4.26. The van der Waals surface area contributed by atoms with Gasteiger partial charge in [0.05, 0.1) is 17.1 Å². The number of aromatic nitrogens is 1. The number of hydrogen-bond donors (Lipinski definition) is 2. The van der Waals surface area contributed by atoms with Crippen LogP contribution >= 0.6 is 0 Å². The zero-order valence-corrected chi connectivity index (χ0v) is 11.4. The Hall–Kier alpha value is -2.15. The summed E-state index contributed by atoms with van der Waals surface area (Å²) in [7, 11) is -3.54. The number of nitrogen functional groups attached to an aromatic ring is 1. The number of nitrogens with two attached hydrogens (primary N) is 1. The molecule has 0 saturated heterocycles. The molecule has 106 valence electrons. The molecule has 0 aliphatic heterocycles. The Morgan fingerprint density at radius 1 is 1.20 bits per heavy atom. The van der Waals surface area contributed by atoms with E-state index in [-0.39, 0.29) is 17.1 Å². The molecular formula is C13H14FN3O2S. The number of nitrogens with one attached hydrogen (secondary N) is 1. The van der Waals surface area contributed by atoms with Crippen LogP contribution in [0.2, 0.25) is 0 Å². The van der Waals surface area contributed by atoms with Gasteiger partial charge in [0, 0.05) is 12.4 Å². The van der Waals surface area contributed by atoms with Crippen molar-refractivity contribution < 1.29 is 12.8 Å². The summed E-state index contributed by atoms with van der Waals surface area (Å²) in [5.74, 6) is -0.601. The highest BCUT2D eigenvalue weighted by Gasteiger charge is 2.12. The first-order chi connectivity index (χ1) is 9.46. The molecule has 5 nitrogen and oxygen atoms in total. The molecule has 20 heavy (non-hydrogen) atoms. The molecule has 0 unspecified atom stereocenters. The zero-order valence-electron chi connectivity index (χ0n) is 10.6. The Balaban J connectivity index is 2.04. The van der Waals surface area contributed by atoms with Gasteiger partial charge in [-0.25, -0.2) is 12.8 Å². The number of benzene rings is 1. The van der Waals surface area contributed by atoms with E-state index in [4.69, 9.17) is 5.73 Å². The highest BCUT2D eigenvalue weighted by molar-refractivity contribution is 7.92. The monoisotopic (exact) mass is 295 g/mol. The number of nitrogens with zero attached hydrogens (tertiary/aromatic N) is 1. The summed E-state index contributed by atoms with van der Waals surface area (Å²) < 4.78 is 39.1. The molecule has 0 aliphatic rings. The molecule has 0 bridgehead atoms. The average molecular weight is 295 g/mol. The Morgan fingerprint density at radius 2 is 1.90 bits per heavy atom. The van der Waals surface area contributed by atoms with Gasteiger partial charge in [0.15, 0.2) is 0 Å². The number of aryl methyl sites for hydroxylation is 1. The second kappa shape index (κ2) is 5.87. The summed E-state index contributed by atoms with van der Waals surface area (Å²) in [6.07, 6.45) is 3.57. The summed E-state index contributed by atoms with van der Waals surface area (Å²) in [6.45, 7) is 0. The van der Waals surface area contributed by atoms with Crippen molar-refractivity contribution >= 4 is 21.4 Å². The molecule has 1 aromatic carbocycles. The topological polar surface area (TPSA) is 85.1 Å². The van der Waals surface area contributed by atoms with Crippen molar-refractivity contribution in [1.82, 2.24) is 4.98 Å². The highest BCUT2D eigenvalue weighted by Crippen LogP contribution is 2.20. The van der Waals surface area contributed by atoms with E-state index in [0.29, 0.717) is 6.42 Å². The Labute approximate surface area is 116 Å². The molecule has 1 heterocycles. The van der Waals surface area contributed by atoms with Crippen LogP contribution in [0.3, 0.4) is 0 Å². The molecule has 0 saturated carbocycles. The zero-order chi connectivity index (χ0) is 14.6. The first kappa shape index (κ1) is 14.3. The standard InChI is InChI=1S/C13H14FN3O2S/c14-11-1-2-13(12(15)9-11)17-20(18,19)8-5-10-3-6-16-7-4-10/h1-4,6-7,9,17H,5,8,15H2. The van der Waals surface area contributed by atoms with Crippen LogP contribution in [0.15, 0.2) is 42.7 Å². The van der Waals surface area contributed by atoms with Gasteiger partial charge in [0.25, 0.3) is 0 Å². The summed E-state index contributed by atoms with van der Waals surface area (Å²) in [5.41, 5.74) is 6.67. The first-order valence-electron chi connectivity index (χ1n) is 5.91. The molecule has 0 aliphatic carbocycles. The van der Waals surface area contributed by atoms with Gasteiger partial charge in [-0.1, -0.05) is 0 Å². The molecule has 0 radical (unpaired) electrons. The first-order valence-corrected chi connectivity index (χ1v) is 7.56. The Bertz CT molecular complexity index is 690. The van der Waals surface area contributed by atoms with Crippen LogP contribution in [0.25, 0.3) is 0 Å². The van der Waals surface area contributed by atoms with E-state index < -0.39 is 15.8 Å². The van der Waals surface area contributed by atoms with Gasteiger partial charge in [-0.3, -0.25) is 9.71 Å². The number of pyridine rings is 1. The minimum atomic E-state index is -3.54. The fraction of sp³-hybridized carbons (Fsp3) is 0.154. The lowest BCUT2D eigenvalue weighted by Crippen LogP contribution is -2.19. The van der Waals surface area contributed by atoms with Crippen LogP contribution in [-0.2, 0) is 16.4 Å². The van der Waals surface area contributed by atoms with Gasteiger partial charge >= 0.3 is 0 Å². The van der Waals surface area contributed by atoms with Gasteiger partial charge in [0.1, 0.15) is 5.82 Å². The Morgan fingerprint density at radius 3 is 2.55 bits per heavy atom. The van der Waals surface area contributed by atoms with Crippen molar-refractivity contribution in [3.63, 3.8) is 0 Å². The van der Waals surface area contributed by atoms with Crippen molar-refractivity contribution in [2.24, 2.45) is 0 Å². The van der Waals surface area contributed by atoms with E-state index >= 15 is 0 Å². The van der Waals surface area contributed by atoms with Gasteiger partial charge in [-0.15, -0.1) is 0 Å². The molecule has 0 amide bonds. The van der Waals surface area contributed by atoms with Crippen LogP contribution in [0.1, 0.15) is 5.56 Å². The number of anilines is 2. The van der Waals surface area contributed by atoms with Gasteiger partial charge in [0.2, 0.25) is 10.0 Å². The number of rotatable bonds is 5. The number of hydrogen-bond acceptors (Lipinski definition) is 4. The third kappa shape index (κ3) is 3.92. The highest BCUT2D eigenvalue weighted by atomic mass is 32.2. The molecule has 0 spiro atoms. The Kier molecular flexibility index (Phi) is 4.19. The van der Waals surface area contributed by atoms with Gasteiger partial charge in [-0.05, 0) is 42.3 Å². The predicted octanol–water partition coefficient (Wildman–Crippen LogP) is 1.79. The lowest BCUT2D eigenvalue weighted by atomic mass is 10.2. The predicted molar refractivity (Wildman–Crippen MR) is 76.2 cm³/mol. The molecule has 3 N–H and O–H groups in total. The van der Waals surface area contributed by atoms with Crippen molar-refractivity contribution in [2.75, 3.05) is 16.2 Å². The molecule has 1 aromatic heterocycles. The maximum absolute atomic E-state index is 12.9. The lowest BCUT2D eigenvalue weighted by molar-refractivity contribution is 0.600. The third-order valence-electron chi connectivity index (χ3n) is 2.69. The van der Waals surface area contributed by atoms with Crippen molar-refractivity contribution in [3.8, 4) is 0 Å². The number of sulfonamides is 1. The van der Waals surface area contributed by atoms with Gasteiger partial charge < -0.3 is 5.73 Å². The van der Waals surface area contributed by atoms with Crippen LogP contribution < -0.4 is 10.5 Å². The van der Waals surface area contributed by atoms with E-state index in [9.17, 15) is 12.8 Å². The molecule has 2 aromatic rings. The van der Waals surface area contributed by atoms with E-state index in [1.807, 2.05) is 0 Å². The van der Waals surface area contributed by atoms with Crippen molar-refractivity contribution in [2.45, 2.75) is 6.42 Å². The van der Waals surface area contributed by atoms with E-state index in [2.05, 4.69) is 9.71 Å². The quantitative estimate of drug-likeness (QED) is 0.823. The summed E-state index contributed by atoms with van der Waals surface area (Å²) >= 11 is 0. The van der Waals surface area contributed by atoms with Crippen LogP contribution in [0.5, 0.6) is 0 Å². The summed E-state index contributed by atoms with van der Waals surface area (Å²) in [4.78, 5) is 3.86. The van der Waals surface area contributed by atoms with E-state index in [1.54, 1.807) is 24.5 Å². The average Bonchev–Trinajstić information content (AvgIpc) is 2.41. The minimum absolute atomic E-state index is 0.0532. The molecule has 0 fully saturated rings. The minimum Gasteiger partial charge on any atom is -0.397 e. The van der Waals surface area contributed by atoms with E-state index in [0.717, 1.165) is 17.7 Å². The molecule has 0 atom stereocenters. The molecule has 2 rings (SSSR count). The normalized spacial score (nSPS) is 11.2. The SMILES string of the molecule is Nc1cc(F)ccc1NS(=O)(=O)CCc1ccncc1.